The summed E-state index contributed by atoms with van der Waals surface area (Å²) in [7, 11) is 0. The minimum absolute atomic E-state index is 0.121. The van der Waals surface area contributed by atoms with Crippen LogP contribution in [-0.2, 0) is 12.4 Å². The van der Waals surface area contributed by atoms with Crippen LogP contribution in [0.15, 0.2) is 30.6 Å². The van der Waals surface area contributed by atoms with Gasteiger partial charge in [0.05, 0.1) is 0 Å². The zero-order valence-electron chi connectivity index (χ0n) is 12.7. The van der Waals surface area contributed by atoms with Gasteiger partial charge < -0.3 is 0 Å². The van der Waals surface area contributed by atoms with E-state index in [4.69, 9.17) is 9.84 Å². The molecule has 0 unspecified atom stereocenters. The van der Waals surface area contributed by atoms with Crippen molar-refractivity contribution >= 4 is 21.9 Å². The summed E-state index contributed by atoms with van der Waals surface area (Å²) in [5, 5.41) is 32.7. The maximum atomic E-state index is 12.6. The third-order valence-corrected chi connectivity index (χ3v) is 7.11. The molecule has 0 amide bonds. The number of rotatable bonds is 4. The fourth-order valence-corrected chi connectivity index (χ4v) is 4.72. The standard InChI is InChI=1S/C14H17N3O6Se/c1-8-2-4-9(5-3-8)24(21,22)14-15-7-17(16-14)13-12(20)11(19)10(6-18)23-13/h2-5,7,10-13,18-20H,6H2,1H3/t10-,11-,12-,13-/m1/s1. The Labute approximate surface area is 139 Å². The summed E-state index contributed by atoms with van der Waals surface area (Å²) in [5.74, 6) is 0. The molecule has 0 saturated carbocycles. The summed E-state index contributed by atoms with van der Waals surface area (Å²) >= 11 is -4.77. The average molecular weight is 402 g/mol. The van der Waals surface area contributed by atoms with Gasteiger partial charge in [0.15, 0.2) is 0 Å². The molecular weight excluding hydrogens is 385 g/mol. The number of nitrogens with zero attached hydrogens (tertiary/aromatic N) is 3. The molecule has 0 spiro atoms. The summed E-state index contributed by atoms with van der Waals surface area (Å²) in [6.45, 7) is 1.36. The van der Waals surface area contributed by atoms with Crippen molar-refractivity contribution in [1.82, 2.24) is 14.8 Å². The van der Waals surface area contributed by atoms with Crippen LogP contribution in [-0.4, -0.2) is 67.7 Å². The van der Waals surface area contributed by atoms with E-state index in [-0.39, 0.29) is 9.18 Å². The molecule has 1 aromatic heterocycles. The van der Waals surface area contributed by atoms with Crippen molar-refractivity contribution in [1.29, 1.82) is 0 Å². The molecule has 130 valence electrons. The first kappa shape index (κ1) is 17.2. The summed E-state index contributed by atoms with van der Waals surface area (Å²) < 4.78 is 31.2. The predicted octanol–water partition coefficient (Wildman–Crippen LogP) is -2.38. The van der Waals surface area contributed by atoms with Crippen molar-refractivity contribution < 1.29 is 27.7 Å². The number of ether oxygens (including phenoxy) is 1. The molecule has 3 N–H and O–H groups in total. The Morgan fingerprint density at radius 2 is 1.88 bits per heavy atom. The monoisotopic (exact) mass is 403 g/mol. The van der Waals surface area contributed by atoms with Gasteiger partial charge in [-0.15, -0.1) is 0 Å². The van der Waals surface area contributed by atoms with E-state index >= 15 is 0 Å². The third kappa shape index (κ3) is 2.88. The van der Waals surface area contributed by atoms with E-state index in [2.05, 4.69) is 10.1 Å². The van der Waals surface area contributed by atoms with Gasteiger partial charge in [-0.2, -0.15) is 0 Å². The minimum atomic E-state index is -4.77. The summed E-state index contributed by atoms with van der Waals surface area (Å²) in [4.78, 5) is 3.80. The molecular formula is C14H17N3O6Se. The van der Waals surface area contributed by atoms with Gasteiger partial charge in [0.2, 0.25) is 0 Å². The van der Waals surface area contributed by atoms with Gasteiger partial charge in [-0.3, -0.25) is 0 Å². The molecule has 1 aliphatic rings. The molecule has 1 fully saturated rings. The van der Waals surface area contributed by atoms with Crippen LogP contribution < -0.4 is 9.18 Å². The van der Waals surface area contributed by atoms with Crippen LogP contribution in [0.4, 0.5) is 0 Å². The predicted molar refractivity (Wildman–Crippen MR) is 80.6 cm³/mol. The second-order valence-corrected chi connectivity index (χ2v) is 9.42. The number of aryl methyl sites for hydroxylation is 1. The molecule has 0 radical (unpaired) electrons. The van der Waals surface area contributed by atoms with E-state index < -0.39 is 43.9 Å². The SMILES string of the molecule is Cc1ccc([Se](=O)(=O)c2ncn([C@@H]3O[C@H](CO)[C@@H](O)[C@H]3O)n2)cc1. The molecule has 2 heterocycles. The number of benzene rings is 1. The molecule has 3 rings (SSSR count). The Morgan fingerprint density at radius 1 is 1.21 bits per heavy atom. The van der Waals surface area contributed by atoms with Crippen LogP contribution in [0.1, 0.15) is 11.8 Å². The first-order valence-corrected chi connectivity index (χ1v) is 10.3. The second kappa shape index (κ2) is 6.32. The number of aliphatic hydroxyl groups excluding tert-OH is 3. The third-order valence-electron chi connectivity index (χ3n) is 3.84. The molecule has 0 aliphatic carbocycles. The van der Waals surface area contributed by atoms with E-state index in [0.29, 0.717) is 0 Å². The van der Waals surface area contributed by atoms with Crippen molar-refractivity contribution in [3.05, 3.63) is 36.2 Å². The number of aliphatic hydroxyl groups is 3. The fraction of sp³-hybridized carbons (Fsp3) is 0.429. The normalized spacial score (nSPS) is 27.5. The quantitative estimate of drug-likeness (QED) is 0.483. The van der Waals surface area contributed by atoms with Gasteiger partial charge in [0, 0.05) is 0 Å². The van der Waals surface area contributed by atoms with Crippen LogP contribution in [0.3, 0.4) is 0 Å². The van der Waals surface area contributed by atoms with E-state index in [0.717, 1.165) is 16.6 Å². The van der Waals surface area contributed by atoms with Gasteiger partial charge in [-0.25, -0.2) is 0 Å². The van der Waals surface area contributed by atoms with Crippen molar-refractivity contribution in [2.75, 3.05) is 6.61 Å². The molecule has 1 aromatic carbocycles. The number of aromatic nitrogens is 3. The van der Waals surface area contributed by atoms with Crippen LogP contribution in [0.5, 0.6) is 0 Å². The van der Waals surface area contributed by atoms with Crippen LogP contribution in [0, 0.1) is 6.92 Å². The molecule has 0 bridgehead atoms. The zero-order chi connectivity index (χ0) is 17.5. The Morgan fingerprint density at radius 3 is 2.46 bits per heavy atom. The molecule has 4 atom stereocenters. The van der Waals surface area contributed by atoms with Gasteiger partial charge in [0.25, 0.3) is 0 Å². The van der Waals surface area contributed by atoms with E-state index in [9.17, 15) is 17.9 Å². The first-order chi connectivity index (χ1) is 11.3. The topological polar surface area (TPSA) is 135 Å². The average Bonchev–Trinajstić information content (AvgIpc) is 3.15. The second-order valence-electron chi connectivity index (χ2n) is 5.55. The van der Waals surface area contributed by atoms with Crippen molar-refractivity contribution in [3.8, 4) is 0 Å². The van der Waals surface area contributed by atoms with E-state index in [1.807, 2.05) is 6.92 Å². The summed E-state index contributed by atoms with van der Waals surface area (Å²) in [6.07, 6.45) is -3.63. The maximum absolute atomic E-state index is 12.6. The Bertz CT molecular complexity index is 819. The Balaban J connectivity index is 1.89. The van der Waals surface area contributed by atoms with Crippen LogP contribution in [0.25, 0.3) is 0 Å². The fourth-order valence-electron chi connectivity index (χ4n) is 2.43. The molecule has 10 heteroatoms. The van der Waals surface area contributed by atoms with Crippen molar-refractivity contribution in [3.63, 3.8) is 0 Å². The molecule has 1 aliphatic heterocycles. The summed E-state index contributed by atoms with van der Waals surface area (Å²) in [5.41, 5.74) is 0.927. The van der Waals surface area contributed by atoms with Crippen molar-refractivity contribution in [2.45, 2.75) is 31.5 Å². The molecule has 1 saturated heterocycles. The van der Waals surface area contributed by atoms with Crippen molar-refractivity contribution in [2.24, 2.45) is 0 Å². The number of hydrogen-bond donors (Lipinski definition) is 3. The van der Waals surface area contributed by atoms with Gasteiger partial charge in [-0.05, 0) is 0 Å². The Kier molecular flexibility index (Phi) is 4.52. The van der Waals surface area contributed by atoms with Gasteiger partial charge >= 0.3 is 139 Å². The van der Waals surface area contributed by atoms with Crippen LogP contribution in [0.2, 0.25) is 0 Å². The van der Waals surface area contributed by atoms with E-state index in [1.54, 1.807) is 12.1 Å². The van der Waals surface area contributed by atoms with Gasteiger partial charge in [0.1, 0.15) is 0 Å². The molecule has 9 nitrogen and oxygen atoms in total. The number of hydrogen-bond acceptors (Lipinski definition) is 8. The molecule has 2 aromatic rings. The Hall–Kier alpha value is -1.68. The first-order valence-electron chi connectivity index (χ1n) is 7.20. The van der Waals surface area contributed by atoms with Gasteiger partial charge in [-0.1, -0.05) is 0 Å². The molecule has 24 heavy (non-hydrogen) atoms. The van der Waals surface area contributed by atoms with E-state index in [1.165, 1.54) is 12.1 Å². The zero-order valence-corrected chi connectivity index (χ0v) is 14.4. The summed E-state index contributed by atoms with van der Waals surface area (Å²) in [6, 6.07) is 6.34. The van der Waals surface area contributed by atoms with Crippen LogP contribution >= 0.6 is 0 Å².